The Balaban J connectivity index is 1.73. The van der Waals surface area contributed by atoms with Crippen LogP contribution in [0.5, 0.6) is 5.75 Å². The molecule has 1 atom stereocenters. The number of benzene rings is 3. The Morgan fingerprint density at radius 1 is 1.06 bits per heavy atom. The highest BCUT2D eigenvalue weighted by atomic mass is 35.5. The fraction of sp³-hybridized carbons (Fsp3) is 0.174. The van der Waals surface area contributed by atoms with Crippen LogP contribution in [0.3, 0.4) is 0 Å². The number of ether oxygens (including phenoxy) is 1. The van der Waals surface area contributed by atoms with Gasteiger partial charge in [-0.05, 0) is 41.5 Å². The Hall–Kier alpha value is -2.91. The summed E-state index contributed by atoms with van der Waals surface area (Å²) in [4.78, 5) is 12.4. The minimum atomic E-state index is -3.98. The molecule has 3 N–H and O–H groups in total. The number of carbonyl (C=O) groups is 1. The van der Waals surface area contributed by atoms with Gasteiger partial charge in [-0.3, -0.25) is 4.79 Å². The van der Waals surface area contributed by atoms with Crippen molar-refractivity contribution in [3.8, 4) is 5.75 Å². The van der Waals surface area contributed by atoms with E-state index < -0.39 is 22.0 Å². The third-order valence-electron chi connectivity index (χ3n) is 4.74. The van der Waals surface area contributed by atoms with Gasteiger partial charge in [0.25, 0.3) is 5.91 Å². The van der Waals surface area contributed by atoms with E-state index in [1.807, 2.05) is 6.07 Å². The van der Waals surface area contributed by atoms with Crippen LogP contribution in [0.4, 0.5) is 0 Å². The first-order chi connectivity index (χ1) is 15.3. The van der Waals surface area contributed by atoms with E-state index >= 15 is 0 Å². The fourth-order valence-corrected chi connectivity index (χ4v) is 4.31. The minimum absolute atomic E-state index is 0.0220. The summed E-state index contributed by atoms with van der Waals surface area (Å²) in [6.45, 7) is 0.0219. The Morgan fingerprint density at radius 3 is 2.41 bits per heavy atom. The van der Waals surface area contributed by atoms with Gasteiger partial charge in [-0.2, -0.15) is 0 Å². The first kappa shape index (κ1) is 23.7. The van der Waals surface area contributed by atoms with Crippen molar-refractivity contribution in [3.05, 3.63) is 94.5 Å². The maximum absolute atomic E-state index is 12.9. The summed E-state index contributed by atoms with van der Waals surface area (Å²) in [6.07, 6.45) is -0.886. The van der Waals surface area contributed by atoms with Gasteiger partial charge in [0.05, 0.1) is 13.2 Å². The van der Waals surface area contributed by atoms with E-state index in [1.165, 1.54) is 25.3 Å². The van der Waals surface area contributed by atoms with Crippen molar-refractivity contribution < 1.29 is 23.1 Å². The van der Waals surface area contributed by atoms with E-state index in [0.29, 0.717) is 10.6 Å². The topological polar surface area (TPSA) is 105 Å². The third kappa shape index (κ3) is 6.08. The van der Waals surface area contributed by atoms with Gasteiger partial charge >= 0.3 is 0 Å². The highest BCUT2D eigenvalue weighted by Gasteiger charge is 2.22. The number of carbonyl (C=O) groups excluding carboxylic acids is 1. The highest BCUT2D eigenvalue weighted by Crippen LogP contribution is 2.25. The average molecular weight is 475 g/mol. The molecule has 3 aromatic rings. The number of aliphatic hydroxyl groups excluding tert-OH is 1. The van der Waals surface area contributed by atoms with E-state index in [4.69, 9.17) is 16.3 Å². The van der Waals surface area contributed by atoms with Crippen LogP contribution in [-0.2, 0) is 16.6 Å². The van der Waals surface area contributed by atoms with Crippen LogP contribution in [0, 0.1) is 0 Å². The molecule has 1 amide bonds. The van der Waals surface area contributed by atoms with Crippen LogP contribution in [-0.4, -0.2) is 33.1 Å². The zero-order valence-electron chi connectivity index (χ0n) is 17.3. The van der Waals surface area contributed by atoms with Gasteiger partial charge in [-0.15, -0.1) is 0 Å². The summed E-state index contributed by atoms with van der Waals surface area (Å²) in [5, 5.41) is 13.4. The van der Waals surface area contributed by atoms with Crippen molar-refractivity contribution >= 4 is 27.5 Å². The fourth-order valence-electron chi connectivity index (χ4n) is 2.97. The number of nitrogens with one attached hydrogen (secondary N) is 2. The molecule has 0 aliphatic heterocycles. The molecule has 0 fully saturated rings. The van der Waals surface area contributed by atoms with E-state index in [9.17, 15) is 18.3 Å². The van der Waals surface area contributed by atoms with Crippen molar-refractivity contribution in [2.24, 2.45) is 0 Å². The molecule has 1 unspecified atom stereocenters. The number of hydrogen-bond donors (Lipinski definition) is 3. The van der Waals surface area contributed by atoms with Gasteiger partial charge in [0, 0.05) is 23.7 Å². The summed E-state index contributed by atoms with van der Waals surface area (Å²) in [5.74, 6) is -0.411. The average Bonchev–Trinajstić information content (AvgIpc) is 2.82. The monoisotopic (exact) mass is 474 g/mol. The molecule has 168 valence electrons. The first-order valence-electron chi connectivity index (χ1n) is 9.73. The van der Waals surface area contributed by atoms with Crippen LogP contribution in [0.25, 0.3) is 0 Å². The molecule has 3 rings (SSSR count). The maximum Gasteiger partial charge on any atom is 0.251 e. The molecule has 32 heavy (non-hydrogen) atoms. The van der Waals surface area contributed by atoms with E-state index in [0.717, 1.165) is 5.56 Å². The molecule has 0 saturated heterocycles. The first-order valence-corrected chi connectivity index (χ1v) is 11.6. The van der Waals surface area contributed by atoms with Crippen LogP contribution in [0.15, 0.2) is 77.7 Å². The lowest BCUT2D eigenvalue weighted by Crippen LogP contribution is -2.29. The Morgan fingerprint density at radius 2 is 1.75 bits per heavy atom. The molecule has 7 nitrogen and oxygen atoms in total. The normalized spacial score (nSPS) is 12.2. The molecular weight excluding hydrogens is 452 g/mol. The lowest BCUT2D eigenvalue weighted by atomic mass is 10.1. The molecule has 3 aromatic carbocycles. The zero-order chi connectivity index (χ0) is 23.1. The van der Waals surface area contributed by atoms with E-state index in [-0.39, 0.29) is 29.3 Å². The molecule has 0 spiro atoms. The number of amides is 1. The molecule has 0 aliphatic rings. The highest BCUT2D eigenvalue weighted by molar-refractivity contribution is 7.89. The van der Waals surface area contributed by atoms with Crippen LogP contribution < -0.4 is 14.8 Å². The Bertz CT molecular complexity index is 1170. The predicted octanol–water partition coefficient (Wildman–Crippen LogP) is 3.29. The number of rotatable bonds is 9. The summed E-state index contributed by atoms with van der Waals surface area (Å²) in [5.41, 5.74) is 1.51. The van der Waals surface area contributed by atoms with Crippen LogP contribution >= 0.6 is 11.6 Å². The largest absolute Gasteiger partial charge is 0.495 e. The van der Waals surface area contributed by atoms with Crippen molar-refractivity contribution in [2.45, 2.75) is 17.5 Å². The van der Waals surface area contributed by atoms with Gasteiger partial charge in [0.15, 0.2) is 0 Å². The second kappa shape index (κ2) is 10.6. The van der Waals surface area contributed by atoms with Crippen molar-refractivity contribution in [1.29, 1.82) is 0 Å². The van der Waals surface area contributed by atoms with Crippen LogP contribution in [0.2, 0.25) is 5.02 Å². The SMILES string of the molecule is COc1ccc(C(=O)NCC(O)c2ccccc2)cc1S(=O)(=O)NCc1ccc(Cl)cc1. The molecule has 9 heteroatoms. The smallest absolute Gasteiger partial charge is 0.251 e. The number of hydrogen-bond acceptors (Lipinski definition) is 5. The molecule has 0 aliphatic carbocycles. The van der Waals surface area contributed by atoms with Gasteiger partial charge in [-0.25, -0.2) is 13.1 Å². The molecule has 0 heterocycles. The molecule has 0 aromatic heterocycles. The Labute approximate surface area is 192 Å². The Kier molecular flexibility index (Phi) is 7.87. The molecule has 0 saturated carbocycles. The molecule has 0 radical (unpaired) electrons. The number of methoxy groups -OCH3 is 1. The summed E-state index contributed by atoms with van der Waals surface area (Å²) >= 11 is 5.86. The van der Waals surface area contributed by atoms with Gasteiger partial charge in [0.1, 0.15) is 10.6 Å². The molecule has 0 bridgehead atoms. The van der Waals surface area contributed by atoms with Gasteiger partial charge in [0.2, 0.25) is 10.0 Å². The predicted molar refractivity (Wildman–Crippen MR) is 122 cm³/mol. The second-order valence-electron chi connectivity index (χ2n) is 6.95. The quantitative estimate of drug-likeness (QED) is 0.441. The number of aliphatic hydroxyl groups is 1. The standard InChI is InChI=1S/C23H23ClN2O5S/c1-31-21-12-9-18(23(28)25-15-20(27)17-5-3-2-4-6-17)13-22(21)32(29,30)26-14-16-7-10-19(24)11-8-16/h2-13,20,26-27H,14-15H2,1H3,(H,25,28). The summed E-state index contributed by atoms with van der Waals surface area (Å²) in [7, 11) is -2.63. The van der Waals surface area contributed by atoms with Crippen molar-refractivity contribution in [3.63, 3.8) is 0 Å². The summed E-state index contributed by atoms with van der Waals surface area (Å²) < 4.78 is 33.5. The van der Waals surface area contributed by atoms with Gasteiger partial charge < -0.3 is 15.2 Å². The number of halogens is 1. The minimum Gasteiger partial charge on any atom is -0.495 e. The van der Waals surface area contributed by atoms with Crippen molar-refractivity contribution in [1.82, 2.24) is 10.0 Å². The number of sulfonamides is 1. The van der Waals surface area contributed by atoms with Crippen LogP contribution in [0.1, 0.15) is 27.6 Å². The zero-order valence-corrected chi connectivity index (χ0v) is 18.9. The lowest BCUT2D eigenvalue weighted by Gasteiger charge is -2.14. The third-order valence-corrected chi connectivity index (χ3v) is 6.41. The second-order valence-corrected chi connectivity index (χ2v) is 9.12. The lowest BCUT2D eigenvalue weighted by molar-refractivity contribution is 0.0916. The molecular formula is C23H23ClN2O5S. The van der Waals surface area contributed by atoms with E-state index in [2.05, 4.69) is 10.0 Å². The van der Waals surface area contributed by atoms with E-state index in [1.54, 1.807) is 48.5 Å². The summed E-state index contributed by atoms with van der Waals surface area (Å²) in [6, 6.07) is 19.8. The van der Waals surface area contributed by atoms with Gasteiger partial charge in [-0.1, -0.05) is 54.1 Å². The van der Waals surface area contributed by atoms with Crippen molar-refractivity contribution in [2.75, 3.05) is 13.7 Å². The maximum atomic E-state index is 12.9.